The number of rotatable bonds is 7. The number of carbonyl (C=O) groups excluding carboxylic acids is 3. The molecule has 7 nitrogen and oxygen atoms in total. The third-order valence-electron chi connectivity index (χ3n) is 6.16. The van der Waals surface area contributed by atoms with Gasteiger partial charge in [0, 0.05) is 0 Å². The van der Waals surface area contributed by atoms with Crippen molar-refractivity contribution in [1.29, 1.82) is 0 Å². The lowest BCUT2D eigenvalue weighted by Crippen LogP contribution is -2.54. The molecule has 0 saturated carbocycles. The predicted molar refractivity (Wildman–Crippen MR) is 164 cm³/mol. The Kier molecular flexibility index (Phi) is 8.30. The van der Waals surface area contributed by atoms with Gasteiger partial charge in [0.1, 0.15) is 12.2 Å². The second-order valence-corrected chi connectivity index (χ2v) is 10.7. The fourth-order valence-corrected chi connectivity index (χ4v) is 5.40. The van der Waals surface area contributed by atoms with Gasteiger partial charge in [0.25, 0.3) is 11.8 Å². The van der Waals surface area contributed by atoms with Gasteiger partial charge in [0.15, 0.2) is 11.5 Å². The lowest BCUT2D eigenvalue weighted by Gasteiger charge is -2.26. The van der Waals surface area contributed by atoms with Crippen LogP contribution in [0.15, 0.2) is 78.4 Å². The van der Waals surface area contributed by atoms with Crippen LogP contribution in [0.25, 0.3) is 16.8 Å². The molecule has 5 rings (SSSR count). The van der Waals surface area contributed by atoms with Crippen LogP contribution in [0, 0.1) is 3.57 Å². The molecule has 10 heteroatoms. The fourth-order valence-electron chi connectivity index (χ4n) is 4.33. The molecule has 1 fully saturated rings. The number of hydrogen-bond acceptors (Lipinski definition) is 5. The van der Waals surface area contributed by atoms with Gasteiger partial charge in [-0.2, -0.15) is 0 Å². The highest BCUT2D eigenvalue weighted by Gasteiger charge is 2.37. The van der Waals surface area contributed by atoms with Crippen molar-refractivity contribution in [2.75, 3.05) is 11.5 Å². The van der Waals surface area contributed by atoms with Crippen molar-refractivity contribution in [2.24, 2.45) is 0 Å². The van der Waals surface area contributed by atoms with Gasteiger partial charge in [-0.05, 0) is 87.8 Å². The molecule has 4 aromatic rings. The summed E-state index contributed by atoms with van der Waals surface area (Å²) in [6.45, 7) is 2.55. The summed E-state index contributed by atoms with van der Waals surface area (Å²) in [5.41, 5.74) is 1.50. The van der Waals surface area contributed by atoms with Gasteiger partial charge < -0.3 is 9.47 Å². The summed E-state index contributed by atoms with van der Waals surface area (Å²) in [7, 11) is 0. The van der Waals surface area contributed by atoms with Crippen molar-refractivity contribution >= 4 is 86.2 Å². The molecule has 4 aromatic carbocycles. The van der Waals surface area contributed by atoms with Crippen LogP contribution in [0.3, 0.4) is 0 Å². The minimum atomic E-state index is -0.882. The number of anilines is 1. The third-order valence-corrected chi connectivity index (χ3v) is 7.70. The minimum Gasteiger partial charge on any atom is -0.490 e. The number of urea groups is 1. The van der Waals surface area contributed by atoms with Crippen LogP contribution < -0.4 is 19.7 Å². The fraction of sp³-hybridized carbons (Fsp3) is 0.100. The summed E-state index contributed by atoms with van der Waals surface area (Å²) in [6.07, 6.45) is 1.41. The number of barbiturate groups is 1. The molecule has 0 spiro atoms. The van der Waals surface area contributed by atoms with Gasteiger partial charge in [-0.3, -0.25) is 14.9 Å². The first kappa shape index (κ1) is 27.9. The highest BCUT2D eigenvalue weighted by atomic mass is 127. The second-order valence-electron chi connectivity index (χ2n) is 8.75. The molecule has 202 valence electrons. The molecule has 0 bridgehead atoms. The first-order valence-electron chi connectivity index (χ1n) is 12.2. The summed E-state index contributed by atoms with van der Waals surface area (Å²) < 4.78 is 12.8. The van der Waals surface area contributed by atoms with Crippen molar-refractivity contribution in [2.45, 2.75) is 13.5 Å². The predicted octanol–water partition coefficient (Wildman–Crippen LogP) is 7.40. The number of ether oxygens (including phenoxy) is 2. The zero-order valence-electron chi connectivity index (χ0n) is 21.0. The van der Waals surface area contributed by atoms with Gasteiger partial charge in [0.2, 0.25) is 0 Å². The van der Waals surface area contributed by atoms with E-state index in [1.807, 2.05) is 31.2 Å². The molecule has 1 saturated heterocycles. The van der Waals surface area contributed by atoms with E-state index in [2.05, 4.69) is 46.1 Å². The van der Waals surface area contributed by atoms with Gasteiger partial charge in [-0.1, -0.05) is 65.7 Å². The van der Waals surface area contributed by atoms with E-state index < -0.39 is 17.8 Å². The number of nitrogens with one attached hydrogen (secondary N) is 1. The van der Waals surface area contributed by atoms with E-state index in [0.29, 0.717) is 30.3 Å². The van der Waals surface area contributed by atoms with E-state index in [4.69, 9.17) is 32.7 Å². The van der Waals surface area contributed by atoms with Crippen LogP contribution in [-0.4, -0.2) is 24.5 Å². The quantitative estimate of drug-likeness (QED) is 0.125. The highest BCUT2D eigenvalue weighted by molar-refractivity contribution is 14.1. The summed E-state index contributed by atoms with van der Waals surface area (Å²) in [6, 6.07) is 21.0. The lowest BCUT2D eigenvalue weighted by atomic mass is 10.1. The van der Waals surface area contributed by atoms with E-state index in [1.54, 1.807) is 12.1 Å². The zero-order valence-corrected chi connectivity index (χ0v) is 24.7. The molecule has 0 atom stereocenters. The molecular weight excluding hydrogens is 666 g/mol. The van der Waals surface area contributed by atoms with Crippen molar-refractivity contribution in [1.82, 2.24) is 5.32 Å². The van der Waals surface area contributed by atoms with Gasteiger partial charge in [0.05, 0.1) is 25.9 Å². The lowest BCUT2D eigenvalue weighted by molar-refractivity contribution is -0.122. The number of benzene rings is 4. The van der Waals surface area contributed by atoms with E-state index in [9.17, 15) is 14.4 Å². The zero-order chi connectivity index (χ0) is 28.4. The van der Waals surface area contributed by atoms with Gasteiger partial charge in [-0.25, -0.2) is 9.69 Å². The van der Waals surface area contributed by atoms with Gasteiger partial charge in [-0.15, -0.1) is 0 Å². The van der Waals surface area contributed by atoms with E-state index >= 15 is 0 Å². The molecule has 0 radical (unpaired) electrons. The third kappa shape index (κ3) is 5.65. The Morgan fingerprint density at radius 2 is 1.70 bits per heavy atom. The number of halogens is 3. The SMILES string of the molecule is CCOc1cc(/C=C2\C(=O)NC(=O)N(c3ccc(Cl)c(Cl)c3)C2=O)cc(I)c1OCc1cccc2ccccc12. The number of fused-ring (bicyclic) bond motifs is 1. The Morgan fingerprint density at radius 3 is 2.48 bits per heavy atom. The van der Waals surface area contributed by atoms with E-state index in [-0.39, 0.29) is 21.3 Å². The average Bonchev–Trinajstić information content (AvgIpc) is 2.92. The Hall–Kier alpha value is -3.60. The summed E-state index contributed by atoms with van der Waals surface area (Å²) in [5.74, 6) is -0.598. The second kappa shape index (κ2) is 11.9. The van der Waals surface area contributed by atoms with Gasteiger partial charge >= 0.3 is 6.03 Å². The summed E-state index contributed by atoms with van der Waals surface area (Å²) >= 11 is 14.2. The molecule has 40 heavy (non-hydrogen) atoms. The molecule has 0 unspecified atom stereocenters. The van der Waals surface area contributed by atoms with E-state index in [1.165, 1.54) is 24.3 Å². The van der Waals surface area contributed by atoms with Crippen LogP contribution in [0.5, 0.6) is 11.5 Å². The Bertz CT molecular complexity index is 1700. The van der Waals surface area contributed by atoms with Crippen molar-refractivity contribution in [3.8, 4) is 11.5 Å². The van der Waals surface area contributed by atoms with Crippen LogP contribution in [0.1, 0.15) is 18.1 Å². The van der Waals surface area contributed by atoms with Crippen molar-refractivity contribution in [3.63, 3.8) is 0 Å². The molecule has 4 amide bonds. The number of carbonyl (C=O) groups is 3. The first-order valence-corrected chi connectivity index (χ1v) is 14.0. The van der Waals surface area contributed by atoms with E-state index in [0.717, 1.165) is 24.8 Å². The molecule has 0 aliphatic carbocycles. The molecule has 0 aromatic heterocycles. The standard InChI is InChI=1S/C30H21Cl2IN2O5/c1-2-39-26-14-17(13-25(33)27(26)40-16-19-8-5-7-18-6-3-4-9-21(18)19)12-22-28(36)34-30(38)35(29(22)37)20-10-11-23(31)24(32)15-20/h3-15H,2,16H2,1H3,(H,34,36,38)/b22-12+. The van der Waals surface area contributed by atoms with Crippen LogP contribution in [0.4, 0.5) is 10.5 Å². The minimum absolute atomic E-state index is 0.164. The average molecular weight is 687 g/mol. The molecule has 1 N–H and O–H groups in total. The number of amides is 4. The Labute approximate surface area is 253 Å². The van der Waals surface area contributed by atoms with Crippen LogP contribution in [0.2, 0.25) is 10.0 Å². The maximum atomic E-state index is 13.3. The first-order chi connectivity index (χ1) is 19.3. The van der Waals surface area contributed by atoms with Crippen molar-refractivity contribution < 1.29 is 23.9 Å². The molecule has 1 aliphatic heterocycles. The molecular formula is C30H21Cl2IN2O5. The van der Waals surface area contributed by atoms with Crippen molar-refractivity contribution in [3.05, 3.63) is 103 Å². The normalized spacial score (nSPS) is 14.6. The monoisotopic (exact) mass is 686 g/mol. The number of hydrogen-bond donors (Lipinski definition) is 1. The molecule has 1 aliphatic rings. The smallest absolute Gasteiger partial charge is 0.335 e. The Morgan fingerprint density at radius 1 is 0.925 bits per heavy atom. The maximum absolute atomic E-state index is 13.3. The topological polar surface area (TPSA) is 84.9 Å². The largest absolute Gasteiger partial charge is 0.490 e. The summed E-state index contributed by atoms with van der Waals surface area (Å²) in [4.78, 5) is 39.4. The highest BCUT2D eigenvalue weighted by Crippen LogP contribution is 2.36. The summed E-state index contributed by atoms with van der Waals surface area (Å²) in [5, 5.41) is 4.86. The Balaban J connectivity index is 1.47. The number of nitrogens with zero attached hydrogens (tertiary/aromatic N) is 1. The molecule has 1 heterocycles. The van der Waals surface area contributed by atoms with Crippen LogP contribution in [-0.2, 0) is 16.2 Å². The number of imide groups is 2. The maximum Gasteiger partial charge on any atom is 0.335 e. The van der Waals surface area contributed by atoms with Crippen LogP contribution >= 0.6 is 45.8 Å².